The van der Waals surface area contributed by atoms with Gasteiger partial charge >= 0.3 is 0 Å². The number of anilines is 1. The fourth-order valence-corrected chi connectivity index (χ4v) is 4.33. The number of benzene rings is 2. The van der Waals surface area contributed by atoms with Crippen LogP contribution in [0, 0.1) is 11.2 Å². The van der Waals surface area contributed by atoms with Crippen molar-refractivity contribution in [3.8, 4) is 17.1 Å². The molecule has 2 aliphatic rings. The molecule has 152 valence electrons. The van der Waals surface area contributed by atoms with Gasteiger partial charge in [-0.2, -0.15) is 4.98 Å². The van der Waals surface area contributed by atoms with E-state index >= 15 is 0 Å². The number of hydrogen-bond acceptors (Lipinski definition) is 5. The van der Waals surface area contributed by atoms with Crippen LogP contribution in [0.5, 0.6) is 5.75 Å². The van der Waals surface area contributed by atoms with Crippen molar-refractivity contribution in [2.24, 2.45) is 5.41 Å². The maximum atomic E-state index is 14.4. The maximum absolute atomic E-state index is 14.4. The van der Waals surface area contributed by atoms with Gasteiger partial charge in [-0.05, 0) is 41.7 Å². The first-order valence-corrected chi connectivity index (χ1v) is 9.86. The molecule has 0 bridgehead atoms. The van der Waals surface area contributed by atoms with E-state index in [1.54, 1.807) is 47.1 Å². The zero-order valence-electron chi connectivity index (χ0n) is 16.7. The molecule has 1 atom stereocenters. The Balaban J connectivity index is 1.69. The summed E-state index contributed by atoms with van der Waals surface area (Å²) in [6.45, 7) is 4.13. The maximum Gasteiger partial charge on any atom is 0.226 e. The highest BCUT2D eigenvalue weighted by Crippen LogP contribution is 2.45. The van der Waals surface area contributed by atoms with Gasteiger partial charge in [-0.1, -0.05) is 38.1 Å². The summed E-state index contributed by atoms with van der Waals surface area (Å²) in [6.07, 6.45) is 1.14. The number of nitrogens with zero attached hydrogens (tertiary/aromatic N) is 3. The van der Waals surface area contributed by atoms with E-state index in [0.717, 1.165) is 11.3 Å². The van der Waals surface area contributed by atoms with E-state index in [2.05, 4.69) is 29.2 Å². The molecular weight excluding hydrogens is 383 g/mol. The van der Waals surface area contributed by atoms with E-state index in [1.807, 2.05) is 0 Å². The lowest BCUT2D eigenvalue weighted by atomic mass is 9.73. The van der Waals surface area contributed by atoms with Gasteiger partial charge in [0.25, 0.3) is 0 Å². The minimum Gasteiger partial charge on any atom is -0.508 e. The van der Waals surface area contributed by atoms with E-state index in [1.165, 1.54) is 6.07 Å². The Labute approximate surface area is 173 Å². The summed E-state index contributed by atoms with van der Waals surface area (Å²) in [4.78, 5) is 17.7. The van der Waals surface area contributed by atoms with Crippen molar-refractivity contribution >= 4 is 11.7 Å². The second kappa shape index (κ2) is 6.52. The Morgan fingerprint density at radius 2 is 1.87 bits per heavy atom. The number of rotatable bonds is 2. The lowest BCUT2D eigenvalue weighted by molar-refractivity contribution is -0.118. The predicted molar refractivity (Wildman–Crippen MR) is 110 cm³/mol. The monoisotopic (exact) mass is 404 g/mol. The minimum absolute atomic E-state index is 0.0559. The van der Waals surface area contributed by atoms with E-state index in [9.17, 15) is 14.3 Å². The number of Topliss-reactive ketones (excluding diaryl/α,β-unsaturated/α-hetero) is 1. The third-order valence-electron chi connectivity index (χ3n) is 5.66. The molecule has 0 fully saturated rings. The van der Waals surface area contributed by atoms with Crippen LogP contribution in [0.2, 0.25) is 0 Å². The summed E-state index contributed by atoms with van der Waals surface area (Å²) in [5, 5.41) is 17.6. The molecule has 0 amide bonds. The number of carbonyl (C=O) groups excluding carboxylic acids is 1. The van der Waals surface area contributed by atoms with Crippen molar-refractivity contribution < 1.29 is 14.3 Å². The Bertz CT molecular complexity index is 1190. The Kier molecular flexibility index (Phi) is 4.03. The van der Waals surface area contributed by atoms with Gasteiger partial charge in [0.05, 0.1) is 5.56 Å². The van der Waals surface area contributed by atoms with Gasteiger partial charge < -0.3 is 10.4 Å². The van der Waals surface area contributed by atoms with E-state index in [4.69, 9.17) is 0 Å². The number of allylic oxidation sites excluding steroid dienone is 2. The highest BCUT2D eigenvalue weighted by Gasteiger charge is 2.42. The van der Waals surface area contributed by atoms with Crippen LogP contribution < -0.4 is 5.32 Å². The van der Waals surface area contributed by atoms with Crippen LogP contribution in [0.25, 0.3) is 11.4 Å². The number of phenolic OH excluding ortho intramolecular Hbond substituents is 1. The van der Waals surface area contributed by atoms with Crippen LogP contribution in [0.4, 0.5) is 10.3 Å². The predicted octanol–water partition coefficient (Wildman–Crippen LogP) is 4.45. The van der Waals surface area contributed by atoms with Crippen LogP contribution in [-0.4, -0.2) is 25.7 Å². The first kappa shape index (κ1) is 18.5. The highest BCUT2D eigenvalue weighted by molar-refractivity contribution is 6.00. The molecule has 0 spiro atoms. The van der Waals surface area contributed by atoms with Crippen LogP contribution in [0.1, 0.15) is 38.3 Å². The number of hydrogen-bond donors (Lipinski definition) is 2. The number of nitrogens with one attached hydrogen (secondary N) is 1. The highest BCUT2D eigenvalue weighted by atomic mass is 19.1. The number of phenols is 1. The Morgan fingerprint density at radius 3 is 2.60 bits per heavy atom. The molecular formula is C23H21FN4O2. The van der Waals surface area contributed by atoms with Crippen molar-refractivity contribution in [2.75, 3.05) is 5.32 Å². The van der Waals surface area contributed by atoms with Crippen molar-refractivity contribution in [1.29, 1.82) is 0 Å². The number of halogens is 1. The summed E-state index contributed by atoms with van der Waals surface area (Å²) in [5.74, 6) is 0.516. The lowest BCUT2D eigenvalue weighted by Crippen LogP contribution is -2.36. The smallest absolute Gasteiger partial charge is 0.226 e. The Morgan fingerprint density at radius 1 is 1.13 bits per heavy atom. The van der Waals surface area contributed by atoms with E-state index < -0.39 is 11.9 Å². The van der Waals surface area contributed by atoms with Crippen molar-refractivity contribution in [1.82, 2.24) is 14.8 Å². The largest absolute Gasteiger partial charge is 0.508 e. The van der Waals surface area contributed by atoms with Crippen molar-refractivity contribution in [3.05, 3.63) is 71.2 Å². The molecule has 2 aromatic carbocycles. The van der Waals surface area contributed by atoms with E-state index in [-0.39, 0.29) is 22.8 Å². The quantitative estimate of drug-likeness (QED) is 0.660. The van der Waals surface area contributed by atoms with Gasteiger partial charge in [-0.15, -0.1) is 5.10 Å². The zero-order chi connectivity index (χ0) is 21.0. The topological polar surface area (TPSA) is 80.0 Å². The number of aromatic hydroxyl groups is 1. The minimum atomic E-state index is -0.492. The number of ketones is 1. The molecule has 0 saturated carbocycles. The summed E-state index contributed by atoms with van der Waals surface area (Å²) in [5.41, 5.74) is 2.42. The summed E-state index contributed by atoms with van der Waals surface area (Å²) < 4.78 is 16.0. The fraction of sp³-hybridized carbons (Fsp3) is 0.261. The van der Waals surface area contributed by atoms with Crippen LogP contribution >= 0.6 is 0 Å². The number of aromatic nitrogens is 3. The molecule has 1 aromatic heterocycles. The van der Waals surface area contributed by atoms with Crippen LogP contribution in [0.3, 0.4) is 0 Å². The average molecular weight is 404 g/mol. The normalized spacial score (nSPS) is 19.8. The van der Waals surface area contributed by atoms with Gasteiger partial charge in [0.2, 0.25) is 5.95 Å². The summed E-state index contributed by atoms with van der Waals surface area (Å²) in [7, 11) is 0. The van der Waals surface area contributed by atoms with Crippen LogP contribution in [-0.2, 0) is 4.79 Å². The molecule has 7 heteroatoms. The molecule has 1 aliphatic carbocycles. The first-order chi connectivity index (χ1) is 14.3. The summed E-state index contributed by atoms with van der Waals surface area (Å²) >= 11 is 0. The molecule has 1 aliphatic heterocycles. The second-order valence-electron chi connectivity index (χ2n) is 8.64. The molecule has 0 saturated heterocycles. The SMILES string of the molecule is CC1(C)CC(=O)C2=C(C1)Nc1nc(-c3ccccc3F)nn1C2c1ccc(O)cc1. The lowest BCUT2D eigenvalue weighted by Gasteiger charge is -2.38. The molecule has 2 heterocycles. The van der Waals surface area contributed by atoms with Crippen molar-refractivity contribution in [3.63, 3.8) is 0 Å². The van der Waals surface area contributed by atoms with Gasteiger partial charge in [-0.3, -0.25) is 4.79 Å². The average Bonchev–Trinajstić information content (AvgIpc) is 3.10. The Hall–Kier alpha value is -3.48. The second-order valence-corrected chi connectivity index (χ2v) is 8.64. The standard InChI is InChI=1S/C23H21FN4O2/c1-23(2)11-17-19(18(30)12-23)20(13-7-9-14(29)10-8-13)28-22(25-17)26-21(27-28)15-5-3-4-6-16(15)24/h3-10,20,29H,11-12H2,1-2H3,(H,25,26,27). The van der Waals surface area contributed by atoms with Crippen LogP contribution in [0.15, 0.2) is 59.8 Å². The van der Waals surface area contributed by atoms with Gasteiger partial charge in [0.1, 0.15) is 17.6 Å². The summed E-state index contributed by atoms with van der Waals surface area (Å²) in [6, 6.07) is 12.6. The molecule has 6 nitrogen and oxygen atoms in total. The third-order valence-corrected chi connectivity index (χ3v) is 5.66. The van der Waals surface area contributed by atoms with Gasteiger partial charge in [0.15, 0.2) is 11.6 Å². The molecule has 0 radical (unpaired) electrons. The fourth-order valence-electron chi connectivity index (χ4n) is 4.33. The van der Waals surface area contributed by atoms with E-state index in [0.29, 0.717) is 29.9 Å². The van der Waals surface area contributed by atoms with Crippen molar-refractivity contribution in [2.45, 2.75) is 32.7 Å². The molecule has 30 heavy (non-hydrogen) atoms. The molecule has 3 aromatic rings. The van der Waals surface area contributed by atoms with Gasteiger partial charge in [0, 0.05) is 17.7 Å². The number of fused-ring (bicyclic) bond motifs is 1. The zero-order valence-corrected chi connectivity index (χ0v) is 16.7. The number of carbonyl (C=O) groups is 1. The molecule has 5 rings (SSSR count). The molecule has 1 unspecified atom stereocenters. The first-order valence-electron chi connectivity index (χ1n) is 9.86. The van der Waals surface area contributed by atoms with Gasteiger partial charge in [-0.25, -0.2) is 9.07 Å². The third kappa shape index (κ3) is 2.98. The molecule has 2 N–H and O–H groups in total.